The van der Waals surface area contributed by atoms with E-state index in [2.05, 4.69) is 48.5 Å². The highest BCUT2D eigenvalue weighted by Crippen LogP contribution is 2.24. The smallest absolute Gasteiger partial charge is 0.0208 e. The van der Waals surface area contributed by atoms with Crippen LogP contribution in [0.15, 0.2) is 24.3 Å². The summed E-state index contributed by atoms with van der Waals surface area (Å²) >= 11 is 0. The van der Waals surface area contributed by atoms with Gasteiger partial charge in [-0.25, -0.2) is 0 Å². The third-order valence-corrected chi connectivity index (χ3v) is 3.27. The summed E-state index contributed by atoms with van der Waals surface area (Å²) in [5.74, 6) is 0.653. The minimum absolute atomic E-state index is 0.653. The lowest BCUT2D eigenvalue weighted by Crippen LogP contribution is -2.35. The average Bonchev–Trinajstić information content (AvgIpc) is 2.29. The number of nitrogens with one attached hydrogen (secondary N) is 1. The molecule has 1 N–H and O–H groups in total. The van der Waals surface area contributed by atoms with Gasteiger partial charge in [-0.15, -0.1) is 0 Å². The van der Waals surface area contributed by atoms with Gasteiger partial charge in [-0.05, 0) is 24.7 Å². The molecular formula is C13H20N2. The van der Waals surface area contributed by atoms with Crippen molar-refractivity contribution < 1.29 is 0 Å². The number of hydrogen-bond donors (Lipinski definition) is 1. The molecule has 0 radical (unpaired) electrons. The Morgan fingerprint density at radius 3 is 3.00 bits per heavy atom. The van der Waals surface area contributed by atoms with E-state index in [1.807, 2.05) is 0 Å². The van der Waals surface area contributed by atoms with E-state index in [0.717, 1.165) is 26.2 Å². The van der Waals surface area contributed by atoms with Gasteiger partial charge in [0.05, 0.1) is 0 Å². The van der Waals surface area contributed by atoms with E-state index < -0.39 is 0 Å². The maximum Gasteiger partial charge on any atom is 0.0208 e. The van der Waals surface area contributed by atoms with Crippen molar-refractivity contribution in [1.82, 2.24) is 10.2 Å². The number of hydrogen-bond acceptors (Lipinski definition) is 2. The Balaban J connectivity index is 2.15. The molecule has 1 aliphatic heterocycles. The molecule has 82 valence electrons. The van der Waals surface area contributed by atoms with Gasteiger partial charge in [0.2, 0.25) is 0 Å². The minimum Gasteiger partial charge on any atom is -0.312 e. The zero-order chi connectivity index (χ0) is 10.7. The maximum atomic E-state index is 3.49. The van der Waals surface area contributed by atoms with Crippen LogP contribution >= 0.6 is 0 Å². The lowest BCUT2D eigenvalue weighted by atomic mass is 9.90. The van der Waals surface area contributed by atoms with Gasteiger partial charge in [0, 0.05) is 25.6 Å². The predicted octanol–water partition coefficient (Wildman–Crippen LogP) is 1.83. The molecule has 1 heterocycles. The average molecular weight is 204 g/mol. The first-order chi connectivity index (χ1) is 7.31. The van der Waals surface area contributed by atoms with E-state index in [-0.39, 0.29) is 0 Å². The maximum absolute atomic E-state index is 3.49. The van der Waals surface area contributed by atoms with Crippen molar-refractivity contribution in [1.29, 1.82) is 0 Å². The third kappa shape index (κ3) is 2.39. The second-order valence-corrected chi connectivity index (χ2v) is 4.38. The Labute approximate surface area is 92.3 Å². The lowest BCUT2D eigenvalue weighted by molar-refractivity contribution is 0.314. The molecule has 0 bridgehead atoms. The van der Waals surface area contributed by atoms with Gasteiger partial charge in [0.25, 0.3) is 0 Å². The molecule has 0 aliphatic carbocycles. The van der Waals surface area contributed by atoms with E-state index in [1.54, 1.807) is 0 Å². The van der Waals surface area contributed by atoms with Crippen LogP contribution in [0, 0.1) is 0 Å². The van der Waals surface area contributed by atoms with Crippen molar-refractivity contribution in [3.05, 3.63) is 35.4 Å². The summed E-state index contributed by atoms with van der Waals surface area (Å²) in [6.45, 7) is 6.63. The van der Waals surface area contributed by atoms with Crippen molar-refractivity contribution in [2.75, 3.05) is 26.7 Å². The van der Waals surface area contributed by atoms with Crippen LogP contribution in [-0.4, -0.2) is 31.6 Å². The first-order valence-corrected chi connectivity index (χ1v) is 5.78. The Bertz CT molecular complexity index is 322. The topological polar surface area (TPSA) is 15.3 Å². The van der Waals surface area contributed by atoms with Crippen LogP contribution in [0.4, 0.5) is 0 Å². The number of fused-ring (bicyclic) bond motifs is 1. The molecule has 0 spiro atoms. The molecule has 1 unspecified atom stereocenters. The van der Waals surface area contributed by atoms with E-state index in [4.69, 9.17) is 0 Å². The molecule has 0 saturated carbocycles. The molecule has 0 amide bonds. The summed E-state index contributed by atoms with van der Waals surface area (Å²) in [5.41, 5.74) is 3.01. The summed E-state index contributed by atoms with van der Waals surface area (Å²) in [6.07, 6.45) is 0. The zero-order valence-electron chi connectivity index (χ0n) is 9.66. The second kappa shape index (κ2) is 4.77. The summed E-state index contributed by atoms with van der Waals surface area (Å²) in [4.78, 5) is 2.38. The van der Waals surface area contributed by atoms with Gasteiger partial charge in [0.1, 0.15) is 0 Å². The first-order valence-electron chi connectivity index (χ1n) is 5.78. The number of nitrogens with zero attached hydrogens (tertiary/aromatic N) is 1. The highest BCUT2D eigenvalue weighted by Gasteiger charge is 2.19. The highest BCUT2D eigenvalue weighted by molar-refractivity contribution is 5.32. The SMILES string of the molecule is CCN(C)CC1CNCc2ccccc21. The summed E-state index contributed by atoms with van der Waals surface area (Å²) in [6, 6.07) is 8.81. The van der Waals surface area contributed by atoms with Gasteiger partial charge >= 0.3 is 0 Å². The molecule has 1 atom stereocenters. The minimum atomic E-state index is 0.653. The fourth-order valence-corrected chi connectivity index (χ4v) is 2.25. The predicted molar refractivity (Wildman–Crippen MR) is 64.1 cm³/mol. The Morgan fingerprint density at radius 2 is 2.20 bits per heavy atom. The Hall–Kier alpha value is -0.860. The molecule has 1 aromatic rings. The summed E-state index contributed by atoms with van der Waals surface area (Å²) in [7, 11) is 2.19. The molecule has 1 aromatic carbocycles. The summed E-state index contributed by atoms with van der Waals surface area (Å²) < 4.78 is 0. The van der Waals surface area contributed by atoms with E-state index in [9.17, 15) is 0 Å². The van der Waals surface area contributed by atoms with Crippen molar-refractivity contribution in [2.24, 2.45) is 0 Å². The van der Waals surface area contributed by atoms with Crippen LogP contribution in [0.1, 0.15) is 24.0 Å². The van der Waals surface area contributed by atoms with Gasteiger partial charge < -0.3 is 10.2 Å². The summed E-state index contributed by atoms with van der Waals surface area (Å²) in [5, 5.41) is 3.49. The van der Waals surface area contributed by atoms with Crippen LogP contribution in [-0.2, 0) is 6.54 Å². The van der Waals surface area contributed by atoms with E-state index in [1.165, 1.54) is 11.1 Å². The quantitative estimate of drug-likeness (QED) is 0.808. The lowest BCUT2D eigenvalue weighted by Gasteiger charge is -2.29. The zero-order valence-corrected chi connectivity index (χ0v) is 9.66. The van der Waals surface area contributed by atoms with Crippen molar-refractivity contribution in [2.45, 2.75) is 19.4 Å². The molecule has 2 nitrogen and oxygen atoms in total. The monoisotopic (exact) mass is 204 g/mol. The van der Waals surface area contributed by atoms with Crippen LogP contribution in [0.5, 0.6) is 0 Å². The van der Waals surface area contributed by atoms with Gasteiger partial charge in [-0.2, -0.15) is 0 Å². The number of rotatable bonds is 3. The third-order valence-electron chi connectivity index (χ3n) is 3.27. The second-order valence-electron chi connectivity index (χ2n) is 4.38. The van der Waals surface area contributed by atoms with E-state index >= 15 is 0 Å². The molecule has 0 saturated heterocycles. The largest absolute Gasteiger partial charge is 0.312 e. The fourth-order valence-electron chi connectivity index (χ4n) is 2.25. The molecule has 0 fully saturated rings. The standard InChI is InChI=1S/C13H20N2/c1-3-15(2)10-12-9-14-8-11-6-4-5-7-13(11)12/h4-7,12,14H,3,8-10H2,1-2H3. The molecule has 2 heteroatoms. The highest BCUT2D eigenvalue weighted by atomic mass is 15.1. The molecule has 1 aliphatic rings. The van der Waals surface area contributed by atoms with Crippen molar-refractivity contribution in [3.63, 3.8) is 0 Å². The van der Waals surface area contributed by atoms with Gasteiger partial charge in [0.15, 0.2) is 0 Å². The van der Waals surface area contributed by atoms with Crippen LogP contribution in [0.25, 0.3) is 0 Å². The number of benzene rings is 1. The van der Waals surface area contributed by atoms with Crippen molar-refractivity contribution in [3.8, 4) is 0 Å². The van der Waals surface area contributed by atoms with E-state index in [0.29, 0.717) is 5.92 Å². The molecular weight excluding hydrogens is 184 g/mol. The Morgan fingerprint density at radius 1 is 1.40 bits per heavy atom. The van der Waals surface area contributed by atoms with Gasteiger partial charge in [-0.3, -0.25) is 0 Å². The normalized spacial score (nSPS) is 20.3. The fraction of sp³-hybridized carbons (Fsp3) is 0.538. The molecule has 15 heavy (non-hydrogen) atoms. The Kier molecular flexibility index (Phi) is 3.39. The van der Waals surface area contributed by atoms with Crippen molar-refractivity contribution >= 4 is 0 Å². The molecule has 2 rings (SSSR count). The first kappa shape index (κ1) is 10.7. The van der Waals surface area contributed by atoms with Crippen LogP contribution < -0.4 is 5.32 Å². The van der Waals surface area contributed by atoms with Crippen LogP contribution in [0.2, 0.25) is 0 Å². The molecule has 0 aromatic heterocycles. The number of likely N-dealkylation sites (N-methyl/N-ethyl adjacent to an activating group) is 1. The van der Waals surface area contributed by atoms with Crippen LogP contribution in [0.3, 0.4) is 0 Å². The van der Waals surface area contributed by atoms with Gasteiger partial charge in [-0.1, -0.05) is 31.2 Å².